The fourth-order valence-electron chi connectivity index (χ4n) is 6.08. The molecule has 4 bridgehead atoms. The lowest BCUT2D eigenvalue weighted by atomic mass is 9.49. The molecule has 0 saturated heterocycles. The molecule has 0 atom stereocenters. The topological polar surface area (TPSA) is 56.2 Å². The highest BCUT2D eigenvalue weighted by Crippen LogP contribution is 2.59. The highest BCUT2D eigenvalue weighted by molar-refractivity contribution is 5.92. The summed E-state index contributed by atoms with van der Waals surface area (Å²) in [5.41, 5.74) is 0.819. The van der Waals surface area contributed by atoms with E-state index in [0.29, 0.717) is 17.8 Å². The Morgan fingerprint density at radius 1 is 1.07 bits per heavy atom. The quantitative estimate of drug-likeness (QED) is 0.845. The molecule has 4 aliphatic rings. The van der Waals surface area contributed by atoms with Crippen molar-refractivity contribution in [2.75, 3.05) is 6.54 Å². The van der Waals surface area contributed by atoms with Crippen LogP contribution in [-0.2, 0) is 6.73 Å². The number of ether oxygens (including phenoxy) is 1. The predicted octanol–water partition coefficient (Wildman–Crippen LogP) is 3.87. The van der Waals surface area contributed by atoms with Crippen molar-refractivity contribution in [1.29, 1.82) is 0 Å². The number of carbonyl (C=O) groups excluding carboxylic acids is 1. The van der Waals surface area contributed by atoms with E-state index in [1.54, 1.807) is 16.9 Å². The van der Waals surface area contributed by atoms with Crippen molar-refractivity contribution in [3.8, 4) is 5.75 Å². The predicted molar refractivity (Wildman–Crippen MR) is 102 cm³/mol. The van der Waals surface area contributed by atoms with Gasteiger partial charge in [0.15, 0.2) is 6.73 Å². The molecule has 1 amide bonds. The second-order valence-electron chi connectivity index (χ2n) is 8.93. The lowest BCUT2D eigenvalue weighted by molar-refractivity contribution is -0.0503. The van der Waals surface area contributed by atoms with Gasteiger partial charge in [-0.15, -0.1) is 0 Å². The summed E-state index contributed by atoms with van der Waals surface area (Å²) in [6.45, 7) is 1.11. The Kier molecular flexibility index (Phi) is 4.18. The summed E-state index contributed by atoms with van der Waals surface area (Å²) in [6, 6.07) is 11.4. The number of hydrogen-bond acceptors (Lipinski definition) is 3. The first-order valence-electron chi connectivity index (χ1n) is 10.2. The van der Waals surface area contributed by atoms with Crippen LogP contribution in [0.25, 0.3) is 0 Å². The van der Waals surface area contributed by atoms with E-state index in [4.69, 9.17) is 4.74 Å². The number of amides is 1. The van der Waals surface area contributed by atoms with Crippen molar-refractivity contribution in [3.63, 3.8) is 0 Å². The summed E-state index contributed by atoms with van der Waals surface area (Å²) in [6.07, 6.45) is 10.00. The van der Waals surface area contributed by atoms with Crippen molar-refractivity contribution in [3.05, 3.63) is 48.3 Å². The first-order chi connectivity index (χ1) is 13.2. The Labute approximate surface area is 160 Å². The largest absolute Gasteiger partial charge is 0.471 e. The van der Waals surface area contributed by atoms with Gasteiger partial charge in [-0.25, -0.2) is 4.68 Å². The second-order valence-corrected chi connectivity index (χ2v) is 8.93. The van der Waals surface area contributed by atoms with Gasteiger partial charge in [-0.2, -0.15) is 5.10 Å². The van der Waals surface area contributed by atoms with Crippen molar-refractivity contribution in [2.24, 2.45) is 23.2 Å². The van der Waals surface area contributed by atoms with Crippen LogP contribution in [-0.4, -0.2) is 22.2 Å². The van der Waals surface area contributed by atoms with E-state index in [9.17, 15) is 4.79 Å². The zero-order valence-electron chi connectivity index (χ0n) is 15.6. The van der Waals surface area contributed by atoms with Gasteiger partial charge in [0.1, 0.15) is 11.4 Å². The number of hydrogen-bond donors (Lipinski definition) is 1. The zero-order chi connectivity index (χ0) is 18.3. The van der Waals surface area contributed by atoms with Gasteiger partial charge in [0.05, 0.1) is 0 Å². The van der Waals surface area contributed by atoms with E-state index in [1.807, 2.05) is 30.3 Å². The number of rotatable bonds is 6. The zero-order valence-corrected chi connectivity index (χ0v) is 15.6. The lowest BCUT2D eigenvalue weighted by Crippen LogP contribution is -2.51. The Morgan fingerprint density at radius 2 is 1.74 bits per heavy atom. The van der Waals surface area contributed by atoms with E-state index < -0.39 is 0 Å². The van der Waals surface area contributed by atoms with Crippen molar-refractivity contribution < 1.29 is 9.53 Å². The van der Waals surface area contributed by atoms with Crippen LogP contribution in [0.3, 0.4) is 0 Å². The molecule has 0 spiro atoms. The van der Waals surface area contributed by atoms with E-state index in [2.05, 4.69) is 10.4 Å². The van der Waals surface area contributed by atoms with Crippen molar-refractivity contribution in [2.45, 2.75) is 45.3 Å². The summed E-state index contributed by atoms with van der Waals surface area (Å²) < 4.78 is 7.34. The number of benzene rings is 1. The maximum absolute atomic E-state index is 12.6. The van der Waals surface area contributed by atoms with Crippen LogP contribution in [0.4, 0.5) is 0 Å². The summed E-state index contributed by atoms with van der Waals surface area (Å²) >= 11 is 0. The Hall–Kier alpha value is -2.30. The highest BCUT2D eigenvalue weighted by atomic mass is 16.5. The van der Waals surface area contributed by atoms with E-state index in [0.717, 1.165) is 30.0 Å². The molecule has 142 valence electrons. The minimum absolute atomic E-state index is 0.0655. The van der Waals surface area contributed by atoms with Gasteiger partial charge in [0.25, 0.3) is 5.91 Å². The molecule has 1 heterocycles. The van der Waals surface area contributed by atoms with Gasteiger partial charge in [0, 0.05) is 12.7 Å². The summed E-state index contributed by atoms with van der Waals surface area (Å²) in [7, 11) is 0. The SMILES string of the molecule is O=C(NCC12CC3CC(CC(C3)C1)C2)c1ccn(COc2ccccc2)n1. The average Bonchev–Trinajstić information content (AvgIpc) is 3.13. The molecule has 0 unspecified atom stereocenters. The van der Waals surface area contributed by atoms with Crippen LogP contribution >= 0.6 is 0 Å². The molecular weight excluding hydrogens is 338 g/mol. The molecule has 1 N–H and O–H groups in total. The molecule has 27 heavy (non-hydrogen) atoms. The highest BCUT2D eigenvalue weighted by Gasteiger charge is 2.50. The monoisotopic (exact) mass is 365 g/mol. The first-order valence-corrected chi connectivity index (χ1v) is 10.2. The molecule has 4 fully saturated rings. The third kappa shape index (κ3) is 3.47. The van der Waals surface area contributed by atoms with Crippen LogP contribution in [0.15, 0.2) is 42.6 Å². The normalized spacial score (nSPS) is 31.0. The smallest absolute Gasteiger partial charge is 0.271 e. The van der Waals surface area contributed by atoms with E-state index >= 15 is 0 Å². The molecule has 4 saturated carbocycles. The number of carbonyl (C=O) groups is 1. The maximum Gasteiger partial charge on any atom is 0.271 e. The summed E-state index contributed by atoms with van der Waals surface area (Å²) in [5.74, 6) is 3.44. The van der Waals surface area contributed by atoms with Gasteiger partial charge in [-0.3, -0.25) is 4.79 Å². The van der Waals surface area contributed by atoms with Crippen LogP contribution < -0.4 is 10.1 Å². The molecule has 2 aromatic rings. The van der Waals surface area contributed by atoms with Crippen LogP contribution in [0, 0.1) is 23.2 Å². The van der Waals surface area contributed by atoms with Gasteiger partial charge in [-0.1, -0.05) is 18.2 Å². The van der Waals surface area contributed by atoms with Crippen LogP contribution in [0.2, 0.25) is 0 Å². The number of para-hydroxylation sites is 1. The number of aromatic nitrogens is 2. The third-order valence-corrected chi connectivity index (χ3v) is 6.77. The standard InChI is InChI=1S/C22H27N3O2/c26-21(20-6-7-25(24-20)15-27-19-4-2-1-3-5-19)23-14-22-11-16-8-17(12-22)10-18(9-16)13-22/h1-7,16-18H,8-15H2,(H,23,26). The van der Waals surface area contributed by atoms with Crippen molar-refractivity contribution >= 4 is 5.91 Å². The summed E-state index contributed by atoms with van der Waals surface area (Å²) in [5, 5.41) is 7.56. The minimum atomic E-state index is -0.0655. The van der Waals surface area contributed by atoms with Gasteiger partial charge < -0.3 is 10.1 Å². The second kappa shape index (κ2) is 6.70. The van der Waals surface area contributed by atoms with Gasteiger partial charge >= 0.3 is 0 Å². The Morgan fingerprint density at radius 3 is 2.41 bits per heavy atom. The number of nitrogens with one attached hydrogen (secondary N) is 1. The summed E-state index contributed by atoms with van der Waals surface area (Å²) in [4.78, 5) is 12.6. The molecule has 0 radical (unpaired) electrons. The lowest BCUT2D eigenvalue weighted by Gasteiger charge is -2.56. The van der Waals surface area contributed by atoms with Gasteiger partial charge in [0.2, 0.25) is 0 Å². The van der Waals surface area contributed by atoms with Gasteiger partial charge in [-0.05, 0) is 79.9 Å². The Balaban J connectivity index is 1.17. The molecular formula is C22H27N3O2. The molecule has 4 aliphatic carbocycles. The molecule has 0 aliphatic heterocycles. The molecule has 1 aromatic carbocycles. The van der Waals surface area contributed by atoms with Crippen molar-refractivity contribution in [1.82, 2.24) is 15.1 Å². The molecule has 5 heteroatoms. The maximum atomic E-state index is 12.6. The average molecular weight is 365 g/mol. The third-order valence-electron chi connectivity index (χ3n) is 6.77. The first kappa shape index (κ1) is 16.8. The Bertz CT molecular complexity index is 779. The molecule has 6 rings (SSSR count). The fourth-order valence-corrected chi connectivity index (χ4v) is 6.08. The fraction of sp³-hybridized carbons (Fsp3) is 0.545. The van der Waals surface area contributed by atoms with Crippen LogP contribution in [0.5, 0.6) is 5.75 Å². The van der Waals surface area contributed by atoms with E-state index in [1.165, 1.54) is 38.5 Å². The minimum Gasteiger partial charge on any atom is -0.471 e. The van der Waals surface area contributed by atoms with E-state index in [-0.39, 0.29) is 5.91 Å². The molecule has 5 nitrogen and oxygen atoms in total. The number of nitrogens with zero attached hydrogens (tertiary/aromatic N) is 2. The van der Waals surface area contributed by atoms with Crippen LogP contribution in [0.1, 0.15) is 49.0 Å². The molecule has 1 aromatic heterocycles.